The molecule has 0 spiro atoms. The quantitative estimate of drug-likeness (QED) is 0.821. The van der Waals surface area contributed by atoms with E-state index in [0.29, 0.717) is 9.50 Å². The van der Waals surface area contributed by atoms with Crippen molar-refractivity contribution in [1.82, 2.24) is 15.1 Å². The average Bonchev–Trinajstić information content (AvgIpc) is 2.79. The average molecular weight is 375 g/mol. The topological polar surface area (TPSA) is 29.9 Å². The van der Waals surface area contributed by atoms with Gasteiger partial charge in [0.2, 0.25) is 0 Å². The first-order chi connectivity index (χ1) is 9.95. The van der Waals surface area contributed by atoms with Crippen molar-refractivity contribution in [2.75, 3.05) is 6.54 Å². The number of nitrogens with one attached hydrogen (secondary N) is 1. The minimum Gasteiger partial charge on any atom is -0.305 e. The molecule has 0 aliphatic rings. The number of halogens is 3. The molecule has 1 atom stereocenters. The molecule has 21 heavy (non-hydrogen) atoms. The summed E-state index contributed by atoms with van der Waals surface area (Å²) in [6.07, 6.45) is 1.65. The van der Waals surface area contributed by atoms with E-state index in [-0.39, 0.29) is 17.9 Å². The predicted octanol–water partition coefficient (Wildman–Crippen LogP) is 4.72. The lowest BCUT2D eigenvalue weighted by atomic mass is 10.0. The highest BCUT2D eigenvalue weighted by atomic mass is 79.9. The maximum atomic E-state index is 13.3. The predicted molar refractivity (Wildman–Crippen MR) is 87.2 cm³/mol. The molecule has 2 rings (SSSR count). The molecule has 0 aliphatic carbocycles. The highest BCUT2D eigenvalue weighted by molar-refractivity contribution is 9.10. The van der Waals surface area contributed by atoms with Crippen molar-refractivity contribution >= 4 is 27.5 Å². The molecule has 0 fully saturated rings. The molecule has 0 amide bonds. The fourth-order valence-electron chi connectivity index (χ4n) is 2.33. The van der Waals surface area contributed by atoms with Crippen LogP contribution in [-0.2, 0) is 0 Å². The van der Waals surface area contributed by atoms with Gasteiger partial charge >= 0.3 is 0 Å². The van der Waals surface area contributed by atoms with Crippen LogP contribution in [0.15, 0.2) is 28.9 Å². The number of hydrogen-bond acceptors (Lipinski definition) is 2. The van der Waals surface area contributed by atoms with Gasteiger partial charge in [-0.2, -0.15) is 5.10 Å². The van der Waals surface area contributed by atoms with Gasteiger partial charge in [0.1, 0.15) is 5.82 Å². The van der Waals surface area contributed by atoms with Crippen LogP contribution >= 0.6 is 27.5 Å². The molecule has 0 radical (unpaired) electrons. The third kappa shape index (κ3) is 3.47. The van der Waals surface area contributed by atoms with Gasteiger partial charge in [0.15, 0.2) is 0 Å². The molecule has 2 aromatic rings. The Labute approximate surface area is 137 Å². The third-order valence-corrected chi connectivity index (χ3v) is 4.21. The first-order valence-electron chi connectivity index (χ1n) is 6.87. The largest absolute Gasteiger partial charge is 0.305 e. The summed E-state index contributed by atoms with van der Waals surface area (Å²) in [6.45, 7) is 6.88. The second-order valence-corrected chi connectivity index (χ2v) is 6.33. The van der Waals surface area contributed by atoms with Crippen LogP contribution in [0.4, 0.5) is 4.39 Å². The maximum Gasteiger partial charge on any atom is 0.124 e. The third-order valence-electron chi connectivity index (χ3n) is 3.23. The van der Waals surface area contributed by atoms with Gasteiger partial charge in [-0.15, -0.1) is 0 Å². The Bertz CT molecular complexity index is 627. The maximum absolute atomic E-state index is 13.3. The molecule has 6 heteroatoms. The van der Waals surface area contributed by atoms with Crippen molar-refractivity contribution in [2.24, 2.45) is 0 Å². The second-order valence-electron chi connectivity index (χ2n) is 5.07. The molecule has 0 aliphatic heterocycles. The van der Waals surface area contributed by atoms with E-state index in [1.54, 1.807) is 12.3 Å². The highest BCUT2D eigenvalue weighted by Crippen LogP contribution is 2.34. The van der Waals surface area contributed by atoms with Crippen LogP contribution in [0.3, 0.4) is 0 Å². The summed E-state index contributed by atoms with van der Waals surface area (Å²) in [6, 6.07) is 4.72. The molecule has 3 nitrogen and oxygen atoms in total. The summed E-state index contributed by atoms with van der Waals surface area (Å²) in [5, 5.41) is 8.35. The van der Waals surface area contributed by atoms with Gasteiger partial charge in [-0.1, -0.05) is 40.5 Å². The van der Waals surface area contributed by atoms with Crippen LogP contribution in [0.25, 0.3) is 0 Å². The van der Waals surface area contributed by atoms with E-state index in [0.717, 1.165) is 17.8 Å². The van der Waals surface area contributed by atoms with E-state index in [1.165, 1.54) is 12.1 Å². The van der Waals surface area contributed by atoms with Crippen molar-refractivity contribution < 1.29 is 4.39 Å². The molecule has 0 saturated carbocycles. The second kappa shape index (κ2) is 6.90. The number of rotatable bonds is 5. The number of hydrogen-bond donors (Lipinski definition) is 1. The molecule has 0 saturated heterocycles. The van der Waals surface area contributed by atoms with Crippen molar-refractivity contribution in [3.63, 3.8) is 0 Å². The molecular formula is C15H18BrClFN3. The lowest BCUT2D eigenvalue weighted by Gasteiger charge is -2.23. The van der Waals surface area contributed by atoms with Crippen LogP contribution in [0.2, 0.25) is 5.02 Å². The van der Waals surface area contributed by atoms with Gasteiger partial charge in [-0.3, -0.25) is 4.68 Å². The molecule has 1 aromatic heterocycles. The zero-order valence-corrected chi connectivity index (χ0v) is 14.5. The van der Waals surface area contributed by atoms with E-state index < -0.39 is 0 Å². The summed E-state index contributed by atoms with van der Waals surface area (Å²) in [7, 11) is 0. The molecule has 1 heterocycles. The Kier molecular flexibility index (Phi) is 5.41. The van der Waals surface area contributed by atoms with Gasteiger partial charge in [0.05, 0.1) is 23.0 Å². The summed E-state index contributed by atoms with van der Waals surface area (Å²) < 4.78 is 15.9. The lowest BCUT2D eigenvalue weighted by molar-refractivity contribution is 0.475. The molecule has 114 valence electrons. The van der Waals surface area contributed by atoms with E-state index in [4.69, 9.17) is 11.6 Å². The SMILES string of the molecule is CCNC(c1ccc(F)cc1Br)c1c(Cl)cnn1C(C)C. The lowest BCUT2D eigenvalue weighted by Crippen LogP contribution is -2.26. The van der Waals surface area contributed by atoms with Crippen LogP contribution < -0.4 is 5.32 Å². The zero-order valence-electron chi connectivity index (χ0n) is 12.2. The van der Waals surface area contributed by atoms with Gasteiger partial charge in [-0.25, -0.2) is 4.39 Å². The zero-order chi connectivity index (χ0) is 15.6. The fraction of sp³-hybridized carbons (Fsp3) is 0.400. The highest BCUT2D eigenvalue weighted by Gasteiger charge is 2.24. The number of aromatic nitrogens is 2. The molecule has 1 N–H and O–H groups in total. The van der Waals surface area contributed by atoms with E-state index in [9.17, 15) is 4.39 Å². The Morgan fingerprint density at radius 1 is 1.43 bits per heavy atom. The molecule has 1 aromatic carbocycles. The van der Waals surface area contributed by atoms with Crippen LogP contribution in [0, 0.1) is 5.82 Å². The standard InChI is InChI=1S/C15H18BrClFN3/c1-4-19-14(11-6-5-10(18)7-12(11)16)15-13(17)8-20-21(15)9(2)3/h5-9,14,19H,4H2,1-3H3. The van der Waals surface area contributed by atoms with Crippen LogP contribution in [0.5, 0.6) is 0 Å². The Morgan fingerprint density at radius 3 is 2.71 bits per heavy atom. The Morgan fingerprint density at radius 2 is 2.14 bits per heavy atom. The smallest absolute Gasteiger partial charge is 0.124 e. The molecule has 0 bridgehead atoms. The first kappa shape index (κ1) is 16.5. The molecular weight excluding hydrogens is 357 g/mol. The van der Waals surface area contributed by atoms with Crippen LogP contribution in [-0.4, -0.2) is 16.3 Å². The summed E-state index contributed by atoms with van der Waals surface area (Å²) in [5.41, 5.74) is 1.82. The fourth-order valence-corrected chi connectivity index (χ4v) is 3.15. The van der Waals surface area contributed by atoms with E-state index >= 15 is 0 Å². The van der Waals surface area contributed by atoms with Crippen molar-refractivity contribution in [1.29, 1.82) is 0 Å². The number of benzene rings is 1. The minimum atomic E-state index is -0.274. The monoisotopic (exact) mass is 373 g/mol. The van der Waals surface area contributed by atoms with Gasteiger partial charge in [0.25, 0.3) is 0 Å². The minimum absolute atomic E-state index is 0.151. The summed E-state index contributed by atoms with van der Waals surface area (Å²) >= 11 is 9.78. The molecule has 1 unspecified atom stereocenters. The summed E-state index contributed by atoms with van der Waals surface area (Å²) in [4.78, 5) is 0. The Balaban J connectivity index is 2.56. The number of nitrogens with zero attached hydrogens (tertiary/aromatic N) is 2. The van der Waals surface area contributed by atoms with Crippen molar-refractivity contribution in [3.05, 3.63) is 51.0 Å². The summed E-state index contributed by atoms with van der Waals surface area (Å²) in [5.74, 6) is -0.274. The van der Waals surface area contributed by atoms with E-state index in [2.05, 4.69) is 40.2 Å². The van der Waals surface area contributed by atoms with Gasteiger partial charge in [0, 0.05) is 10.5 Å². The van der Waals surface area contributed by atoms with Gasteiger partial charge < -0.3 is 5.32 Å². The van der Waals surface area contributed by atoms with Crippen LogP contribution in [0.1, 0.15) is 44.1 Å². The normalized spacial score (nSPS) is 12.9. The Hall–Kier alpha value is -0.910. The van der Waals surface area contributed by atoms with Crippen molar-refractivity contribution in [3.8, 4) is 0 Å². The van der Waals surface area contributed by atoms with E-state index in [1.807, 2.05) is 11.6 Å². The van der Waals surface area contributed by atoms with Gasteiger partial charge in [-0.05, 0) is 38.1 Å². The van der Waals surface area contributed by atoms with Crippen molar-refractivity contribution in [2.45, 2.75) is 32.9 Å². The first-order valence-corrected chi connectivity index (χ1v) is 8.04.